The van der Waals surface area contributed by atoms with Crippen molar-refractivity contribution in [1.29, 1.82) is 0 Å². The number of amides is 2. The molecule has 1 aliphatic heterocycles. The molecule has 3 heterocycles. The lowest BCUT2D eigenvalue weighted by Gasteiger charge is -2.42. The fourth-order valence-corrected chi connectivity index (χ4v) is 5.77. The van der Waals surface area contributed by atoms with Crippen LogP contribution in [0.2, 0.25) is 0 Å². The summed E-state index contributed by atoms with van der Waals surface area (Å²) in [5, 5.41) is 5.65. The summed E-state index contributed by atoms with van der Waals surface area (Å²) < 4.78 is 5.39. The molecule has 2 amide bonds. The van der Waals surface area contributed by atoms with E-state index in [1.165, 1.54) is 16.8 Å². The first-order valence-electron chi connectivity index (χ1n) is 14.7. The number of aromatic nitrogens is 2. The topological polar surface area (TPSA) is 99.7 Å². The SMILES string of the molecule is CNC(=O)c1cc(C)c(C(=O)NCC[C@@H](C)N2CCC(N(Cc3cnccc3C)c3ccc(OC)cc3)CC2)c(C)n1. The number of hydrogen-bond donors (Lipinski definition) is 2. The van der Waals surface area contributed by atoms with Crippen molar-refractivity contribution >= 4 is 17.5 Å². The van der Waals surface area contributed by atoms with E-state index >= 15 is 0 Å². The number of anilines is 1. The highest BCUT2D eigenvalue weighted by Gasteiger charge is 2.28. The van der Waals surface area contributed by atoms with E-state index in [2.05, 4.69) is 62.4 Å². The van der Waals surface area contributed by atoms with Gasteiger partial charge in [0.1, 0.15) is 11.4 Å². The molecule has 1 aromatic carbocycles. The van der Waals surface area contributed by atoms with E-state index in [1.807, 2.05) is 31.5 Å². The second-order valence-electron chi connectivity index (χ2n) is 11.2. The lowest BCUT2D eigenvalue weighted by molar-refractivity contribution is 0.0935. The summed E-state index contributed by atoms with van der Waals surface area (Å²) >= 11 is 0. The monoisotopic (exact) mass is 572 g/mol. The van der Waals surface area contributed by atoms with Crippen LogP contribution in [0.15, 0.2) is 48.8 Å². The highest BCUT2D eigenvalue weighted by molar-refractivity contribution is 5.98. The summed E-state index contributed by atoms with van der Waals surface area (Å²) in [6.07, 6.45) is 6.80. The average Bonchev–Trinajstić information content (AvgIpc) is 3.00. The Bertz CT molecular complexity index is 1350. The maximum atomic E-state index is 13.0. The summed E-state index contributed by atoms with van der Waals surface area (Å²) in [6, 6.07) is 12.8. The zero-order chi connectivity index (χ0) is 30.2. The van der Waals surface area contributed by atoms with Crippen LogP contribution in [0.25, 0.3) is 0 Å². The minimum Gasteiger partial charge on any atom is -0.497 e. The number of rotatable bonds is 11. The molecule has 0 bridgehead atoms. The second kappa shape index (κ2) is 14.3. The molecule has 1 saturated heterocycles. The van der Waals surface area contributed by atoms with Gasteiger partial charge in [-0.25, -0.2) is 4.98 Å². The molecule has 42 heavy (non-hydrogen) atoms. The zero-order valence-electron chi connectivity index (χ0n) is 25.7. The van der Waals surface area contributed by atoms with E-state index < -0.39 is 0 Å². The summed E-state index contributed by atoms with van der Waals surface area (Å²) in [6.45, 7) is 11.4. The molecule has 3 aromatic rings. The lowest BCUT2D eigenvalue weighted by Crippen LogP contribution is -2.48. The van der Waals surface area contributed by atoms with Crippen molar-refractivity contribution < 1.29 is 14.3 Å². The molecule has 0 saturated carbocycles. The maximum absolute atomic E-state index is 13.0. The number of hydrogen-bond acceptors (Lipinski definition) is 7. The van der Waals surface area contributed by atoms with Crippen LogP contribution in [0, 0.1) is 20.8 Å². The van der Waals surface area contributed by atoms with Crippen LogP contribution in [-0.4, -0.2) is 72.6 Å². The number of nitrogens with one attached hydrogen (secondary N) is 2. The van der Waals surface area contributed by atoms with Gasteiger partial charge < -0.3 is 25.2 Å². The normalized spacial score (nSPS) is 14.7. The number of piperidine rings is 1. The molecule has 4 rings (SSSR count). The number of ether oxygens (including phenoxy) is 1. The number of carbonyl (C=O) groups is 2. The Kier molecular flexibility index (Phi) is 10.5. The van der Waals surface area contributed by atoms with Crippen molar-refractivity contribution in [3.8, 4) is 5.75 Å². The van der Waals surface area contributed by atoms with Gasteiger partial charge in [0.05, 0.1) is 18.4 Å². The molecule has 1 aliphatic rings. The third-order valence-electron chi connectivity index (χ3n) is 8.39. The van der Waals surface area contributed by atoms with E-state index in [0.29, 0.717) is 35.6 Å². The van der Waals surface area contributed by atoms with Gasteiger partial charge >= 0.3 is 0 Å². The van der Waals surface area contributed by atoms with Crippen molar-refractivity contribution in [2.45, 2.75) is 65.6 Å². The number of aryl methyl sites for hydroxylation is 3. The molecular weight excluding hydrogens is 528 g/mol. The first kappa shape index (κ1) is 31.0. The predicted octanol–water partition coefficient (Wildman–Crippen LogP) is 4.45. The Balaban J connectivity index is 1.33. The standard InChI is InChI=1S/C33H44N6O3/c1-22-11-15-35-20-26(22)21-39(27-7-9-29(42-6)10-8-27)28-13-17-38(18-14-28)24(3)12-16-36-33(41)31-23(2)19-30(32(40)34-5)37-25(31)4/h7-11,15,19-20,24,28H,12-14,16-18,21H2,1-6H3,(H,34,40)(H,36,41)/t24-/m1/s1. The molecule has 2 aromatic heterocycles. The van der Waals surface area contributed by atoms with Crippen LogP contribution < -0.4 is 20.3 Å². The Morgan fingerprint density at radius 2 is 1.79 bits per heavy atom. The summed E-state index contributed by atoms with van der Waals surface area (Å²) in [5.41, 5.74) is 5.85. The van der Waals surface area contributed by atoms with E-state index in [-0.39, 0.29) is 11.8 Å². The molecule has 0 aliphatic carbocycles. The van der Waals surface area contributed by atoms with Crippen molar-refractivity contribution in [1.82, 2.24) is 25.5 Å². The zero-order valence-corrected chi connectivity index (χ0v) is 25.7. The van der Waals surface area contributed by atoms with Crippen LogP contribution in [0.3, 0.4) is 0 Å². The second-order valence-corrected chi connectivity index (χ2v) is 11.2. The summed E-state index contributed by atoms with van der Waals surface area (Å²) in [4.78, 5) is 38.7. The van der Waals surface area contributed by atoms with Gasteiger partial charge in [0, 0.05) is 63.4 Å². The third-order valence-corrected chi connectivity index (χ3v) is 8.39. The van der Waals surface area contributed by atoms with Crippen LogP contribution in [0.4, 0.5) is 5.69 Å². The van der Waals surface area contributed by atoms with Gasteiger partial charge in [-0.3, -0.25) is 14.6 Å². The van der Waals surface area contributed by atoms with Gasteiger partial charge in [-0.2, -0.15) is 0 Å². The van der Waals surface area contributed by atoms with Crippen molar-refractivity contribution in [2.75, 3.05) is 38.7 Å². The highest BCUT2D eigenvalue weighted by atomic mass is 16.5. The number of carbonyl (C=O) groups excluding carboxylic acids is 2. The molecule has 9 nitrogen and oxygen atoms in total. The van der Waals surface area contributed by atoms with E-state index in [9.17, 15) is 9.59 Å². The maximum Gasteiger partial charge on any atom is 0.269 e. The number of likely N-dealkylation sites (tertiary alicyclic amines) is 1. The molecule has 0 spiro atoms. The van der Waals surface area contributed by atoms with Crippen molar-refractivity contribution in [3.63, 3.8) is 0 Å². The molecule has 224 valence electrons. The molecule has 1 atom stereocenters. The Hall–Kier alpha value is -3.98. The van der Waals surface area contributed by atoms with Crippen LogP contribution >= 0.6 is 0 Å². The molecule has 9 heteroatoms. The first-order valence-corrected chi connectivity index (χ1v) is 14.7. The van der Waals surface area contributed by atoms with Crippen LogP contribution in [0.1, 0.15) is 69.4 Å². The number of nitrogens with zero attached hydrogens (tertiary/aromatic N) is 4. The van der Waals surface area contributed by atoms with Crippen molar-refractivity contribution in [3.05, 3.63) is 82.4 Å². The third kappa shape index (κ3) is 7.45. The Morgan fingerprint density at radius 1 is 1.07 bits per heavy atom. The van der Waals surface area contributed by atoms with Gasteiger partial charge in [0.15, 0.2) is 0 Å². The Labute approximate surface area is 249 Å². The minimum absolute atomic E-state index is 0.146. The lowest BCUT2D eigenvalue weighted by atomic mass is 9.99. The van der Waals surface area contributed by atoms with E-state index in [4.69, 9.17) is 4.74 Å². The number of benzene rings is 1. The summed E-state index contributed by atoms with van der Waals surface area (Å²) in [5.74, 6) is 0.451. The largest absolute Gasteiger partial charge is 0.497 e. The number of pyridine rings is 2. The number of methoxy groups -OCH3 is 1. The molecule has 1 fully saturated rings. The smallest absolute Gasteiger partial charge is 0.269 e. The van der Waals surface area contributed by atoms with E-state index in [0.717, 1.165) is 50.2 Å². The van der Waals surface area contributed by atoms with Gasteiger partial charge in [-0.05, 0) is 100 Å². The first-order chi connectivity index (χ1) is 20.2. The molecule has 0 radical (unpaired) electrons. The highest BCUT2D eigenvalue weighted by Crippen LogP contribution is 2.29. The van der Waals surface area contributed by atoms with Gasteiger partial charge in [-0.15, -0.1) is 0 Å². The molecule has 2 N–H and O–H groups in total. The Morgan fingerprint density at radius 3 is 2.40 bits per heavy atom. The van der Waals surface area contributed by atoms with Gasteiger partial charge in [-0.1, -0.05) is 0 Å². The quantitative estimate of drug-likeness (QED) is 0.350. The fraction of sp³-hybridized carbons (Fsp3) is 0.455. The molecule has 0 unspecified atom stereocenters. The fourth-order valence-electron chi connectivity index (χ4n) is 5.77. The van der Waals surface area contributed by atoms with Crippen LogP contribution in [0.5, 0.6) is 5.75 Å². The van der Waals surface area contributed by atoms with Gasteiger partial charge in [0.25, 0.3) is 11.8 Å². The molecular formula is C33H44N6O3. The summed E-state index contributed by atoms with van der Waals surface area (Å²) in [7, 11) is 3.26. The van der Waals surface area contributed by atoms with E-state index in [1.54, 1.807) is 27.1 Å². The average molecular weight is 573 g/mol. The minimum atomic E-state index is -0.259. The predicted molar refractivity (Wildman–Crippen MR) is 166 cm³/mol. The van der Waals surface area contributed by atoms with Gasteiger partial charge in [0.2, 0.25) is 0 Å². The van der Waals surface area contributed by atoms with Crippen LogP contribution in [-0.2, 0) is 6.54 Å². The van der Waals surface area contributed by atoms with Crippen molar-refractivity contribution in [2.24, 2.45) is 0 Å².